The molecule has 0 heterocycles. The molecule has 2 atom stereocenters. The van der Waals surface area contributed by atoms with Gasteiger partial charge >= 0.3 is 19.5 Å². The fourth-order valence-corrected chi connectivity index (χ4v) is 13.6. The van der Waals surface area contributed by atoms with Gasteiger partial charge in [-0.05, 0) is 82.2 Å². The number of fused-ring (bicyclic) bond motifs is 2. The maximum absolute atomic E-state index is 7.42. The second-order valence-corrected chi connectivity index (χ2v) is 19.2. The molecule has 0 spiro atoms. The molecule has 9 rings (SSSR count). The number of hydrogen-bond donors (Lipinski definition) is 0. The summed E-state index contributed by atoms with van der Waals surface area (Å²) in [6.45, 7) is 3.89. The molecule has 0 radical (unpaired) electrons. The molecule has 1 nitrogen and oxygen atoms in total. The largest absolute Gasteiger partial charge is 2.00 e. The normalized spacial score (nSPS) is 15.3. The summed E-state index contributed by atoms with van der Waals surface area (Å²) in [6.07, 6.45) is 4.80. The molecule has 0 saturated heterocycles. The summed E-state index contributed by atoms with van der Waals surface area (Å²) in [5.41, 5.74) is 10.2. The summed E-state index contributed by atoms with van der Waals surface area (Å²) in [4.78, 5) is 0. The summed E-state index contributed by atoms with van der Waals surface area (Å²) in [7, 11) is -2.74. The summed E-state index contributed by atoms with van der Waals surface area (Å²) in [6, 6.07) is 72.4. The van der Waals surface area contributed by atoms with E-state index in [1.807, 2.05) is 0 Å². The van der Waals surface area contributed by atoms with Crippen LogP contribution in [-0.2, 0) is 19.5 Å². The van der Waals surface area contributed by atoms with Crippen molar-refractivity contribution >= 4 is 69.2 Å². The van der Waals surface area contributed by atoms with Gasteiger partial charge in [0.25, 0.3) is 0 Å². The molecule has 1 aliphatic carbocycles. The van der Waals surface area contributed by atoms with Crippen LogP contribution < -0.4 is 31.8 Å². The smallest absolute Gasteiger partial charge is 0.677 e. The number of nitrogens with one attached hydrogen (secondary N) is 1. The van der Waals surface area contributed by atoms with E-state index in [4.69, 9.17) is 5.73 Å². The maximum Gasteiger partial charge on any atom is 2.00 e. The summed E-state index contributed by atoms with van der Waals surface area (Å²) in [5, 5.41) is 13.6. The van der Waals surface area contributed by atoms with Crippen LogP contribution in [0.3, 0.4) is 0 Å². The van der Waals surface area contributed by atoms with Crippen LogP contribution in [0, 0.1) is 12.8 Å². The van der Waals surface area contributed by atoms with Crippen molar-refractivity contribution < 1.29 is 19.5 Å². The van der Waals surface area contributed by atoms with Crippen LogP contribution in [-0.4, -0.2) is 6.04 Å². The molecule has 0 aromatic heterocycles. The van der Waals surface area contributed by atoms with E-state index in [0.717, 1.165) is 6.42 Å². The first-order valence-corrected chi connectivity index (χ1v) is 22.2. The molecule has 55 heavy (non-hydrogen) atoms. The van der Waals surface area contributed by atoms with Crippen molar-refractivity contribution in [2.45, 2.75) is 31.7 Å². The Bertz CT molecular complexity index is 2180. The quantitative estimate of drug-likeness (QED) is 0.0868. The van der Waals surface area contributed by atoms with Gasteiger partial charge in [-0.3, -0.25) is 0 Å². The molecule has 1 fully saturated rings. The van der Waals surface area contributed by atoms with Gasteiger partial charge in [0.1, 0.15) is 31.8 Å². The monoisotopic (exact) mass is 837 g/mol. The van der Waals surface area contributed by atoms with Crippen molar-refractivity contribution in [1.29, 1.82) is 0 Å². The number of hydrogen-bond acceptors (Lipinski definition) is 0. The SMILES string of the molecule is [CH2-]C1CCCCC1[NH-].[Ru+2].c1ccc([PH+](c2ccccc2)c2ccc3ccccc3c2-c2c([PH+](c3ccccc3)c3ccccc3)ccc3ccccc23)cc1. The fourth-order valence-electron chi connectivity index (χ4n) is 8.08. The zero-order valence-electron chi connectivity index (χ0n) is 31.0. The molecule has 4 heteroatoms. The molecule has 1 aliphatic rings. The summed E-state index contributed by atoms with van der Waals surface area (Å²) in [5.74, 6) is 0.420. The molecule has 8 aromatic rings. The second-order valence-electron chi connectivity index (χ2n) is 14.3. The Hall–Kier alpha value is -4.28. The average molecular weight is 837 g/mol. The van der Waals surface area contributed by atoms with Crippen LogP contribution in [0.1, 0.15) is 25.7 Å². The van der Waals surface area contributed by atoms with Crippen LogP contribution in [0.2, 0.25) is 0 Å². The Balaban J connectivity index is 0.000000462. The Morgan fingerprint density at radius 3 is 1.05 bits per heavy atom. The topological polar surface area (TPSA) is 23.8 Å². The first-order valence-electron chi connectivity index (χ1n) is 19.2. The van der Waals surface area contributed by atoms with Crippen molar-refractivity contribution in [3.05, 3.63) is 207 Å². The van der Waals surface area contributed by atoms with Crippen LogP contribution in [0.5, 0.6) is 0 Å². The Labute approximate surface area is 342 Å². The van der Waals surface area contributed by atoms with Gasteiger partial charge in [0.05, 0.1) is 15.8 Å². The van der Waals surface area contributed by atoms with E-state index < -0.39 is 15.8 Å². The van der Waals surface area contributed by atoms with Crippen LogP contribution >= 0.6 is 15.8 Å². The summed E-state index contributed by atoms with van der Waals surface area (Å²) < 4.78 is 0. The minimum Gasteiger partial charge on any atom is -0.677 e. The van der Waals surface area contributed by atoms with Crippen molar-refractivity contribution in [3.63, 3.8) is 0 Å². The second kappa shape index (κ2) is 18.6. The van der Waals surface area contributed by atoms with Gasteiger partial charge < -0.3 is 12.7 Å². The van der Waals surface area contributed by atoms with E-state index >= 15 is 0 Å². The van der Waals surface area contributed by atoms with Crippen LogP contribution in [0.15, 0.2) is 194 Å². The Morgan fingerprint density at radius 1 is 0.400 bits per heavy atom. The summed E-state index contributed by atoms with van der Waals surface area (Å²) >= 11 is 0. The van der Waals surface area contributed by atoms with E-state index in [0.29, 0.717) is 5.92 Å². The van der Waals surface area contributed by atoms with Crippen molar-refractivity contribution in [3.8, 4) is 11.1 Å². The van der Waals surface area contributed by atoms with Gasteiger partial charge in [-0.15, -0.1) is 0 Å². The minimum absolute atomic E-state index is 0. The fraction of sp³-hybridized carbons (Fsp3) is 0.118. The predicted molar refractivity (Wildman–Crippen MR) is 243 cm³/mol. The Morgan fingerprint density at radius 2 is 0.727 bits per heavy atom. The molecule has 0 bridgehead atoms. The van der Waals surface area contributed by atoms with E-state index in [1.165, 1.54) is 83.8 Å². The zero-order valence-corrected chi connectivity index (χ0v) is 34.8. The Kier molecular flexibility index (Phi) is 13.2. The zero-order chi connectivity index (χ0) is 36.7. The van der Waals surface area contributed by atoms with Crippen molar-refractivity contribution in [2.75, 3.05) is 0 Å². The van der Waals surface area contributed by atoms with Crippen molar-refractivity contribution in [2.24, 2.45) is 5.92 Å². The van der Waals surface area contributed by atoms with Gasteiger partial charge in [-0.25, -0.2) is 0 Å². The van der Waals surface area contributed by atoms with Gasteiger partial charge in [-0.2, -0.15) is 12.0 Å². The molecule has 272 valence electrons. The maximum atomic E-state index is 7.42. The third-order valence-electron chi connectivity index (χ3n) is 10.8. The van der Waals surface area contributed by atoms with E-state index in [2.05, 4.69) is 201 Å². The molecule has 1 saturated carbocycles. The first-order chi connectivity index (χ1) is 26.7. The first kappa shape index (κ1) is 39.0. The number of benzene rings is 8. The minimum atomic E-state index is -1.37. The predicted octanol–water partition coefficient (Wildman–Crippen LogP) is 11.1. The number of rotatable bonds is 7. The molecule has 1 N–H and O–H groups in total. The average Bonchev–Trinajstić information content (AvgIpc) is 3.24. The standard InChI is InChI=1S/C44H32P2.C7H13N.Ru/c1-5-19-35(20-6-1)45(36-21-7-2-8-22-36)41-31-29-33-17-13-15-27-39(33)43(41)44-40-28-16-14-18-34(40)30-32-42(44)46(37-23-9-3-10-24-37)38-25-11-4-12-26-38;1-6-4-2-3-5-7(6)8;/h1-32H;6-8H,1-5H2;/q;-2;+2/p+2. The van der Waals surface area contributed by atoms with Gasteiger partial charge in [0.15, 0.2) is 0 Å². The molecule has 0 aliphatic heterocycles. The molecular formula is C51H47NP2Ru+2. The van der Waals surface area contributed by atoms with Crippen molar-refractivity contribution in [1.82, 2.24) is 0 Å². The van der Waals surface area contributed by atoms with E-state index in [1.54, 1.807) is 0 Å². The molecular weight excluding hydrogens is 790 g/mol. The molecule has 8 aromatic carbocycles. The van der Waals surface area contributed by atoms with Crippen LogP contribution in [0.25, 0.3) is 38.4 Å². The van der Waals surface area contributed by atoms with Gasteiger partial charge in [0, 0.05) is 11.1 Å². The van der Waals surface area contributed by atoms with Gasteiger partial charge in [-0.1, -0.05) is 159 Å². The van der Waals surface area contributed by atoms with E-state index in [9.17, 15) is 0 Å². The van der Waals surface area contributed by atoms with Crippen LogP contribution in [0.4, 0.5) is 0 Å². The molecule has 2 unspecified atom stereocenters. The third-order valence-corrected chi connectivity index (χ3v) is 16.4. The third kappa shape index (κ3) is 8.60. The molecule has 0 amide bonds. The van der Waals surface area contributed by atoms with E-state index in [-0.39, 0.29) is 25.5 Å². The van der Waals surface area contributed by atoms with Gasteiger partial charge in [0.2, 0.25) is 0 Å².